The van der Waals surface area contributed by atoms with Gasteiger partial charge in [-0.15, -0.1) is 0 Å². The highest BCUT2D eigenvalue weighted by molar-refractivity contribution is 9.10. The Hall–Kier alpha value is -1.03. The molecule has 2 rings (SSSR count). The molecule has 2 nitrogen and oxygen atoms in total. The molecule has 0 aromatic heterocycles. The fraction of sp³-hybridized carbons (Fsp3) is 0.250. The van der Waals surface area contributed by atoms with Crippen LogP contribution in [0.2, 0.25) is 5.02 Å². The van der Waals surface area contributed by atoms with Gasteiger partial charge in [0, 0.05) is 15.1 Å². The Kier molecular flexibility index (Phi) is 5.08. The van der Waals surface area contributed by atoms with E-state index in [1.807, 2.05) is 50.2 Å². The Morgan fingerprint density at radius 1 is 1.20 bits per heavy atom. The van der Waals surface area contributed by atoms with Crippen molar-refractivity contribution in [2.24, 2.45) is 0 Å². The molecule has 0 fully saturated rings. The van der Waals surface area contributed by atoms with Gasteiger partial charge in [0.2, 0.25) is 0 Å². The molecular weight excluding hydrogens is 340 g/mol. The summed E-state index contributed by atoms with van der Waals surface area (Å²) in [6, 6.07) is 11.2. The fourth-order valence-electron chi connectivity index (χ4n) is 2.01. The lowest BCUT2D eigenvalue weighted by molar-refractivity contribution is 0.219. The summed E-state index contributed by atoms with van der Waals surface area (Å²) in [5, 5.41) is 11.1. The molecule has 0 radical (unpaired) electrons. The van der Waals surface area contributed by atoms with Gasteiger partial charge in [0.05, 0.1) is 6.61 Å². The standard InChI is InChI=1S/C16H16BrClO2/c1-3-20-11-5-7-12(14(17)9-11)16(19)13-6-4-10(2)8-15(13)18/h4-9,16,19H,3H2,1-2H3. The van der Waals surface area contributed by atoms with E-state index in [0.29, 0.717) is 17.2 Å². The summed E-state index contributed by atoms with van der Waals surface area (Å²) >= 11 is 9.68. The maximum absolute atomic E-state index is 10.5. The van der Waals surface area contributed by atoms with Crippen molar-refractivity contribution >= 4 is 27.5 Å². The van der Waals surface area contributed by atoms with Crippen LogP contribution in [0, 0.1) is 6.92 Å². The molecule has 1 unspecified atom stereocenters. The van der Waals surface area contributed by atoms with Crippen molar-refractivity contribution in [1.29, 1.82) is 0 Å². The second kappa shape index (κ2) is 6.61. The Labute approximate surface area is 132 Å². The molecule has 0 aliphatic carbocycles. The van der Waals surface area contributed by atoms with Crippen LogP contribution in [-0.4, -0.2) is 11.7 Å². The van der Waals surface area contributed by atoms with E-state index in [-0.39, 0.29) is 0 Å². The minimum absolute atomic E-state index is 0.568. The van der Waals surface area contributed by atoms with E-state index in [4.69, 9.17) is 16.3 Å². The average molecular weight is 356 g/mol. The van der Waals surface area contributed by atoms with Crippen molar-refractivity contribution in [3.8, 4) is 5.75 Å². The van der Waals surface area contributed by atoms with Gasteiger partial charge in [-0.2, -0.15) is 0 Å². The van der Waals surface area contributed by atoms with Crippen LogP contribution in [0.4, 0.5) is 0 Å². The van der Waals surface area contributed by atoms with E-state index < -0.39 is 6.10 Å². The predicted molar refractivity (Wildman–Crippen MR) is 85.6 cm³/mol. The van der Waals surface area contributed by atoms with Gasteiger partial charge in [-0.1, -0.05) is 45.7 Å². The summed E-state index contributed by atoms with van der Waals surface area (Å²) < 4.78 is 6.23. The second-order valence-corrected chi connectivity index (χ2v) is 5.81. The first kappa shape index (κ1) is 15.4. The first-order valence-electron chi connectivity index (χ1n) is 6.39. The van der Waals surface area contributed by atoms with Crippen molar-refractivity contribution < 1.29 is 9.84 Å². The lowest BCUT2D eigenvalue weighted by atomic mass is 10.0. The Morgan fingerprint density at radius 2 is 1.90 bits per heavy atom. The third-order valence-corrected chi connectivity index (χ3v) is 4.04. The molecule has 20 heavy (non-hydrogen) atoms. The molecule has 0 bridgehead atoms. The summed E-state index contributed by atoms with van der Waals surface area (Å²) in [7, 11) is 0. The molecule has 0 heterocycles. The average Bonchev–Trinajstić information content (AvgIpc) is 2.38. The molecule has 0 aliphatic rings. The first-order valence-corrected chi connectivity index (χ1v) is 7.56. The van der Waals surface area contributed by atoms with E-state index in [0.717, 1.165) is 21.3 Å². The number of hydrogen-bond acceptors (Lipinski definition) is 2. The molecule has 4 heteroatoms. The van der Waals surface area contributed by atoms with Crippen molar-refractivity contribution in [2.75, 3.05) is 6.61 Å². The number of benzene rings is 2. The fourth-order valence-corrected chi connectivity index (χ4v) is 2.92. The van der Waals surface area contributed by atoms with Gasteiger partial charge in [0.1, 0.15) is 11.9 Å². The smallest absolute Gasteiger partial charge is 0.120 e. The van der Waals surface area contributed by atoms with E-state index in [9.17, 15) is 5.11 Å². The summed E-state index contributed by atoms with van der Waals surface area (Å²) in [6.07, 6.45) is -0.770. The zero-order valence-corrected chi connectivity index (χ0v) is 13.7. The lowest BCUT2D eigenvalue weighted by Crippen LogP contribution is -2.02. The Morgan fingerprint density at radius 3 is 2.50 bits per heavy atom. The molecular formula is C16H16BrClO2. The highest BCUT2D eigenvalue weighted by Crippen LogP contribution is 2.34. The van der Waals surface area contributed by atoms with Crippen molar-refractivity contribution in [3.05, 3.63) is 62.6 Å². The Balaban J connectivity index is 2.35. The summed E-state index contributed by atoms with van der Waals surface area (Å²) in [4.78, 5) is 0. The number of aryl methyl sites for hydroxylation is 1. The molecule has 1 atom stereocenters. The van der Waals surface area contributed by atoms with Crippen molar-refractivity contribution in [2.45, 2.75) is 20.0 Å². The largest absolute Gasteiger partial charge is 0.494 e. The van der Waals surface area contributed by atoms with Crippen LogP contribution >= 0.6 is 27.5 Å². The molecule has 0 aliphatic heterocycles. The van der Waals surface area contributed by atoms with E-state index in [1.165, 1.54) is 0 Å². The number of aliphatic hydroxyl groups is 1. The van der Waals surface area contributed by atoms with Gasteiger partial charge < -0.3 is 9.84 Å². The number of rotatable bonds is 4. The van der Waals surface area contributed by atoms with Gasteiger partial charge in [0.25, 0.3) is 0 Å². The highest BCUT2D eigenvalue weighted by Gasteiger charge is 2.17. The molecule has 0 amide bonds. The SMILES string of the molecule is CCOc1ccc(C(O)c2ccc(C)cc2Cl)c(Br)c1. The van der Waals surface area contributed by atoms with Crippen molar-refractivity contribution in [1.82, 2.24) is 0 Å². The van der Waals surface area contributed by atoms with Gasteiger partial charge in [-0.25, -0.2) is 0 Å². The molecule has 1 N–H and O–H groups in total. The minimum Gasteiger partial charge on any atom is -0.494 e. The zero-order valence-electron chi connectivity index (χ0n) is 11.4. The van der Waals surface area contributed by atoms with Gasteiger partial charge in [0.15, 0.2) is 0 Å². The third kappa shape index (κ3) is 3.35. The molecule has 0 saturated carbocycles. The maximum atomic E-state index is 10.5. The van der Waals surface area contributed by atoms with Crippen LogP contribution in [0.25, 0.3) is 0 Å². The minimum atomic E-state index is -0.770. The molecule has 2 aromatic carbocycles. The maximum Gasteiger partial charge on any atom is 0.120 e. The van der Waals surface area contributed by atoms with Gasteiger partial charge in [-0.3, -0.25) is 0 Å². The molecule has 0 spiro atoms. The van der Waals surface area contributed by atoms with Crippen LogP contribution in [0.1, 0.15) is 29.7 Å². The van der Waals surface area contributed by atoms with Crippen LogP contribution in [-0.2, 0) is 0 Å². The van der Waals surface area contributed by atoms with Crippen molar-refractivity contribution in [3.63, 3.8) is 0 Å². The monoisotopic (exact) mass is 354 g/mol. The normalized spacial score (nSPS) is 12.2. The van der Waals surface area contributed by atoms with Crippen LogP contribution in [0.3, 0.4) is 0 Å². The number of hydrogen-bond donors (Lipinski definition) is 1. The number of halogens is 2. The molecule has 106 valence electrons. The second-order valence-electron chi connectivity index (χ2n) is 4.54. The lowest BCUT2D eigenvalue weighted by Gasteiger charge is -2.16. The van der Waals surface area contributed by atoms with E-state index >= 15 is 0 Å². The number of aliphatic hydroxyl groups excluding tert-OH is 1. The topological polar surface area (TPSA) is 29.5 Å². The predicted octanol–water partition coefficient (Wildman–Crippen LogP) is 4.89. The summed E-state index contributed by atoms with van der Waals surface area (Å²) in [5.41, 5.74) is 2.53. The van der Waals surface area contributed by atoms with E-state index in [2.05, 4.69) is 15.9 Å². The summed E-state index contributed by atoms with van der Waals surface area (Å²) in [5.74, 6) is 0.769. The molecule has 0 saturated heterocycles. The highest BCUT2D eigenvalue weighted by atomic mass is 79.9. The Bertz CT molecular complexity index is 613. The molecule has 2 aromatic rings. The van der Waals surface area contributed by atoms with Gasteiger partial charge in [-0.05, 0) is 43.2 Å². The van der Waals surface area contributed by atoms with Gasteiger partial charge >= 0.3 is 0 Å². The summed E-state index contributed by atoms with van der Waals surface area (Å²) in [6.45, 7) is 4.51. The number of ether oxygens (including phenoxy) is 1. The first-order chi connectivity index (χ1) is 9.52. The third-order valence-electron chi connectivity index (χ3n) is 3.03. The van der Waals surface area contributed by atoms with Crippen LogP contribution in [0.5, 0.6) is 5.75 Å². The zero-order chi connectivity index (χ0) is 14.7. The van der Waals surface area contributed by atoms with Crippen LogP contribution < -0.4 is 4.74 Å². The van der Waals surface area contributed by atoms with Crippen LogP contribution in [0.15, 0.2) is 40.9 Å². The quantitative estimate of drug-likeness (QED) is 0.846. The van der Waals surface area contributed by atoms with E-state index in [1.54, 1.807) is 0 Å².